The van der Waals surface area contributed by atoms with E-state index in [4.69, 9.17) is 11.6 Å². The van der Waals surface area contributed by atoms with Crippen molar-refractivity contribution >= 4 is 23.0 Å². The van der Waals surface area contributed by atoms with Gasteiger partial charge < -0.3 is 5.32 Å². The number of anilines is 1. The van der Waals surface area contributed by atoms with Crippen LogP contribution in [0, 0.1) is 27.6 Å². The Labute approximate surface area is 122 Å². The molecule has 0 aliphatic rings. The van der Waals surface area contributed by atoms with Crippen LogP contribution in [0.2, 0.25) is 5.02 Å². The zero-order valence-electron chi connectivity index (χ0n) is 10.4. The Morgan fingerprint density at radius 3 is 2.43 bits per heavy atom. The first-order chi connectivity index (χ1) is 9.88. The van der Waals surface area contributed by atoms with Crippen LogP contribution >= 0.6 is 11.6 Å². The number of halogens is 4. The van der Waals surface area contributed by atoms with Gasteiger partial charge in [-0.2, -0.15) is 4.39 Å². The highest BCUT2D eigenvalue weighted by atomic mass is 35.5. The van der Waals surface area contributed by atoms with E-state index in [1.165, 1.54) is 12.1 Å². The largest absolute Gasteiger partial charge is 0.381 e. The summed E-state index contributed by atoms with van der Waals surface area (Å²) in [6, 6.07) is 5.04. The maximum Gasteiger partial charge on any atom is 0.305 e. The van der Waals surface area contributed by atoms with Gasteiger partial charge in [0, 0.05) is 29.9 Å². The van der Waals surface area contributed by atoms with Gasteiger partial charge in [-0.25, -0.2) is 8.78 Å². The summed E-state index contributed by atoms with van der Waals surface area (Å²) in [6.07, 6.45) is 0. The minimum Gasteiger partial charge on any atom is -0.381 e. The molecular weight excluding hydrogens is 309 g/mol. The third-order valence-electron chi connectivity index (χ3n) is 2.72. The van der Waals surface area contributed by atoms with Crippen LogP contribution in [0.3, 0.4) is 0 Å². The van der Waals surface area contributed by atoms with Gasteiger partial charge in [-0.3, -0.25) is 10.1 Å². The molecule has 0 radical (unpaired) electrons. The topological polar surface area (TPSA) is 55.2 Å². The number of hydrogen-bond donors (Lipinski definition) is 1. The first-order valence-corrected chi connectivity index (χ1v) is 6.07. The molecule has 0 fully saturated rings. The van der Waals surface area contributed by atoms with E-state index < -0.39 is 28.1 Å². The second-order valence-electron chi connectivity index (χ2n) is 4.13. The van der Waals surface area contributed by atoms with E-state index in [0.29, 0.717) is 11.8 Å². The molecule has 2 rings (SSSR count). The molecule has 0 aliphatic heterocycles. The predicted molar refractivity (Wildman–Crippen MR) is 71.7 cm³/mol. The van der Waals surface area contributed by atoms with Crippen molar-refractivity contribution in [3.05, 3.63) is 68.5 Å². The van der Waals surface area contributed by atoms with Crippen LogP contribution in [0.1, 0.15) is 5.56 Å². The number of nitrogens with one attached hydrogen (secondary N) is 1. The van der Waals surface area contributed by atoms with E-state index in [1.54, 1.807) is 0 Å². The lowest BCUT2D eigenvalue weighted by Gasteiger charge is -2.08. The Hall–Kier alpha value is -2.28. The van der Waals surface area contributed by atoms with Crippen molar-refractivity contribution in [3.8, 4) is 0 Å². The maximum absolute atomic E-state index is 13.6. The summed E-state index contributed by atoms with van der Waals surface area (Å²) < 4.78 is 39.7. The third-order valence-corrected chi connectivity index (χ3v) is 3.00. The first kappa shape index (κ1) is 15.1. The zero-order valence-corrected chi connectivity index (χ0v) is 11.1. The molecule has 1 N–H and O–H groups in total. The summed E-state index contributed by atoms with van der Waals surface area (Å²) in [5.41, 5.74) is -0.512. The van der Waals surface area contributed by atoms with Crippen LogP contribution in [0.15, 0.2) is 30.3 Å². The van der Waals surface area contributed by atoms with E-state index in [2.05, 4.69) is 5.32 Å². The minimum atomic E-state index is -1.24. The van der Waals surface area contributed by atoms with Crippen molar-refractivity contribution in [1.29, 1.82) is 0 Å². The van der Waals surface area contributed by atoms with Gasteiger partial charge in [0.2, 0.25) is 5.82 Å². The molecule has 0 amide bonds. The van der Waals surface area contributed by atoms with Crippen molar-refractivity contribution < 1.29 is 18.1 Å². The molecule has 21 heavy (non-hydrogen) atoms. The molecule has 0 saturated carbocycles. The first-order valence-electron chi connectivity index (χ1n) is 5.69. The average molecular weight is 317 g/mol. The van der Waals surface area contributed by atoms with E-state index in [9.17, 15) is 23.3 Å². The number of hydrogen-bond acceptors (Lipinski definition) is 3. The van der Waals surface area contributed by atoms with Crippen molar-refractivity contribution in [1.82, 2.24) is 0 Å². The molecule has 0 saturated heterocycles. The highest BCUT2D eigenvalue weighted by Gasteiger charge is 2.18. The summed E-state index contributed by atoms with van der Waals surface area (Å²) in [6.45, 7) is -0.144. The maximum atomic E-state index is 13.6. The number of nitrogens with zero attached hydrogens (tertiary/aromatic N) is 1. The summed E-state index contributed by atoms with van der Waals surface area (Å²) in [5.74, 6) is -2.77. The standard InChI is InChI=1S/C13H8ClF3N2O2/c14-9-4-8(1-2-10(9)15)18-6-7-3-13(19(20)21)12(17)5-11(7)16/h1-5,18H,6H2. The molecule has 8 heteroatoms. The Kier molecular flexibility index (Phi) is 4.32. The average Bonchev–Trinajstić information content (AvgIpc) is 2.41. The van der Waals surface area contributed by atoms with Crippen molar-refractivity contribution in [2.45, 2.75) is 6.54 Å². The van der Waals surface area contributed by atoms with Crippen LogP contribution < -0.4 is 5.32 Å². The Bertz CT molecular complexity index is 710. The van der Waals surface area contributed by atoms with Crippen LogP contribution in [-0.2, 0) is 6.54 Å². The number of rotatable bonds is 4. The van der Waals surface area contributed by atoms with Gasteiger partial charge >= 0.3 is 5.69 Å². The molecule has 0 aromatic heterocycles. The second-order valence-corrected chi connectivity index (χ2v) is 4.54. The lowest BCUT2D eigenvalue weighted by Crippen LogP contribution is -2.04. The van der Waals surface area contributed by atoms with Crippen LogP contribution in [-0.4, -0.2) is 4.92 Å². The number of nitro benzene ring substituents is 1. The van der Waals surface area contributed by atoms with Gasteiger partial charge in [-0.05, 0) is 18.2 Å². The molecule has 4 nitrogen and oxygen atoms in total. The molecular formula is C13H8ClF3N2O2. The Morgan fingerprint density at radius 2 is 1.81 bits per heavy atom. The lowest BCUT2D eigenvalue weighted by atomic mass is 10.1. The molecule has 0 unspecified atom stereocenters. The molecule has 110 valence electrons. The number of nitro groups is 1. The smallest absolute Gasteiger partial charge is 0.305 e. The van der Waals surface area contributed by atoms with Gasteiger partial charge in [0.25, 0.3) is 0 Å². The minimum absolute atomic E-state index is 0.0939. The van der Waals surface area contributed by atoms with Crippen LogP contribution in [0.4, 0.5) is 24.5 Å². The summed E-state index contributed by atoms with van der Waals surface area (Å²) >= 11 is 5.59. The molecule has 2 aromatic rings. The van der Waals surface area contributed by atoms with Gasteiger partial charge in [0.05, 0.1) is 9.95 Å². The molecule has 0 spiro atoms. The van der Waals surface area contributed by atoms with Gasteiger partial charge in [-0.15, -0.1) is 0 Å². The highest BCUT2D eigenvalue weighted by Crippen LogP contribution is 2.23. The van der Waals surface area contributed by atoms with E-state index in [0.717, 1.165) is 12.1 Å². The fourth-order valence-electron chi connectivity index (χ4n) is 1.66. The second kappa shape index (κ2) is 6.01. The molecule has 0 atom stereocenters. The summed E-state index contributed by atoms with van der Waals surface area (Å²) in [5, 5.41) is 13.2. The van der Waals surface area contributed by atoms with E-state index in [1.807, 2.05) is 0 Å². The fraction of sp³-hybridized carbons (Fsp3) is 0.0769. The summed E-state index contributed by atoms with van der Waals surface area (Å²) in [7, 11) is 0. The normalized spacial score (nSPS) is 10.5. The SMILES string of the molecule is O=[N+]([O-])c1cc(CNc2ccc(F)c(Cl)c2)c(F)cc1F. The molecule has 0 heterocycles. The van der Waals surface area contributed by atoms with Crippen LogP contribution in [0.25, 0.3) is 0 Å². The van der Waals surface area contributed by atoms with E-state index >= 15 is 0 Å². The van der Waals surface area contributed by atoms with Crippen LogP contribution in [0.5, 0.6) is 0 Å². The monoisotopic (exact) mass is 316 g/mol. The molecule has 0 aliphatic carbocycles. The fourth-order valence-corrected chi connectivity index (χ4v) is 1.84. The van der Waals surface area contributed by atoms with Crippen molar-refractivity contribution in [3.63, 3.8) is 0 Å². The van der Waals surface area contributed by atoms with E-state index in [-0.39, 0.29) is 17.1 Å². The van der Waals surface area contributed by atoms with Gasteiger partial charge in [0.15, 0.2) is 0 Å². The number of benzene rings is 2. The van der Waals surface area contributed by atoms with Crippen molar-refractivity contribution in [2.75, 3.05) is 5.32 Å². The molecule has 0 bridgehead atoms. The summed E-state index contributed by atoms with van der Waals surface area (Å²) in [4.78, 5) is 9.67. The Balaban J connectivity index is 2.21. The lowest BCUT2D eigenvalue weighted by molar-refractivity contribution is -0.387. The predicted octanol–water partition coefficient (Wildman–Crippen LogP) is 4.28. The van der Waals surface area contributed by atoms with Crippen molar-refractivity contribution in [2.24, 2.45) is 0 Å². The zero-order chi connectivity index (χ0) is 15.6. The van der Waals surface area contributed by atoms with Gasteiger partial charge in [-0.1, -0.05) is 11.6 Å². The molecule has 2 aromatic carbocycles. The quantitative estimate of drug-likeness (QED) is 0.676. The van der Waals surface area contributed by atoms with Gasteiger partial charge in [0.1, 0.15) is 11.6 Å². The third kappa shape index (κ3) is 3.43. The highest BCUT2D eigenvalue weighted by molar-refractivity contribution is 6.31. The Morgan fingerprint density at radius 1 is 1.10 bits per heavy atom.